The zero-order valence-electron chi connectivity index (χ0n) is 12.0. The number of likely N-dealkylation sites (N-methyl/N-ethyl adjacent to an activating group) is 1. The molecule has 2 heteroatoms. The van der Waals surface area contributed by atoms with Crippen LogP contribution < -0.4 is 5.32 Å². The van der Waals surface area contributed by atoms with E-state index in [-0.39, 0.29) is 0 Å². The summed E-state index contributed by atoms with van der Waals surface area (Å²) in [7, 11) is 2.05. The minimum Gasteiger partial charge on any atom is -0.310 e. The van der Waals surface area contributed by atoms with Crippen LogP contribution in [-0.4, -0.2) is 7.05 Å². The molecule has 1 nitrogen and oxygen atoms in total. The number of allylic oxidation sites excluding steroid dienone is 1. The van der Waals surface area contributed by atoms with Gasteiger partial charge in [0.1, 0.15) is 0 Å². The molecule has 1 aromatic carbocycles. The third-order valence-electron chi connectivity index (χ3n) is 4.03. The first kappa shape index (κ1) is 14.6. The molecule has 0 saturated carbocycles. The SMILES string of the molecule is CNC(/C1=C/CCCCCC1)c1ccc(Cl)cc1C. The Morgan fingerprint density at radius 3 is 2.68 bits per heavy atom. The van der Waals surface area contributed by atoms with Gasteiger partial charge < -0.3 is 5.32 Å². The third-order valence-corrected chi connectivity index (χ3v) is 4.26. The lowest BCUT2D eigenvalue weighted by Crippen LogP contribution is -2.20. The molecule has 1 aliphatic carbocycles. The van der Waals surface area contributed by atoms with Crippen molar-refractivity contribution in [3.05, 3.63) is 46.0 Å². The number of hydrogen-bond acceptors (Lipinski definition) is 1. The van der Waals surface area contributed by atoms with Gasteiger partial charge in [-0.2, -0.15) is 0 Å². The second kappa shape index (κ2) is 7.12. The zero-order valence-corrected chi connectivity index (χ0v) is 12.8. The van der Waals surface area contributed by atoms with Crippen LogP contribution in [0.1, 0.15) is 55.7 Å². The molecule has 0 bridgehead atoms. The molecule has 2 rings (SSSR count). The lowest BCUT2D eigenvalue weighted by molar-refractivity contribution is 0.572. The van der Waals surface area contributed by atoms with Crippen LogP contribution in [0.5, 0.6) is 0 Å². The molecule has 0 amide bonds. The summed E-state index contributed by atoms with van der Waals surface area (Å²) in [5, 5.41) is 4.31. The van der Waals surface area contributed by atoms with E-state index in [9.17, 15) is 0 Å². The van der Waals surface area contributed by atoms with E-state index in [1.165, 1.54) is 49.7 Å². The number of rotatable bonds is 3. The Labute approximate surface area is 122 Å². The molecule has 1 unspecified atom stereocenters. The number of benzene rings is 1. The monoisotopic (exact) mass is 277 g/mol. The Morgan fingerprint density at radius 1 is 1.16 bits per heavy atom. The Kier molecular flexibility index (Phi) is 5.47. The van der Waals surface area contributed by atoms with E-state index in [0.717, 1.165) is 5.02 Å². The van der Waals surface area contributed by atoms with Gasteiger partial charge in [0.2, 0.25) is 0 Å². The lowest BCUT2D eigenvalue weighted by atomic mass is 9.89. The van der Waals surface area contributed by atoms with Crippen LogP contribution in [0.4, 0.5) is 0 Å². The largest absolute Gasteiger partial charge is 0.310 e. The van der Waals surface area contributed by atoms with E-state index in [4.69, 9.17) is 11.6 Å². The molecule has 19 heavy (non-hydrogen) atoms. The highest BCUT2D eigenvalue weighted by Crippen LogP contribution is 2.31. The van der Waals surface area contributed by atoms with Crippen LogP contribution in [0.3, 0.4) is 0 Å². The number of hydrogen-bond donors (Lipinski definition) is 1. The fraction of sp³-hybridized carbons (Fsp3) is 0.529. The Morgan fingerprint density at radius 2 is 1.95 bits per heavy atom. The maximum atomic E-state index is 6.06. The molecule has 0 heterocycles. The molecule has 1 N–H and O–H groups in total. The van der Waals surface area contributed by atoms with Crippen molar-refractivity contribution in [1.29, 1.82) is 0 Å². The molecular formula is C17H24ClN. The predicted molar refractivity (Wildman–Crippen MR) is 83.8 cm³/mol. The average Bonchev–Trinajstić information content (AvgIpc) is 2.34. The van der Waals surface area contributed by atoms with Crippen molar-refractivity contribution in [2.75, 3.05) is 7.05 Å². The molecule has 104 valence electrons. The fourth-order valence-electron chi connectivity index (χ4n) is 2.98. The first-order valence-electron chi connectivity index (χ1n) is 7.34. The Balaban J connectivity index is 2.27. The zero-order chi connectivity index (χ0) is 13.7. The molecule has 0 aromatic heterocycles. The van der Waals surface area contributed by atoms with Crippen LogP contribution in [0.15, 0.2) is 29.8 Å². The van der Waals surface area contributed by atoms with Crippen molar-refractivity contribution in [1.82, 2.24) is 5.32 Å². The van der Waals surface area contributed by atoms with E-state index >= 15 is 0 Å². The molecule has 1 atom stereocenters. The smallest absolute Gasteiger partial charge is 0.0536 e. The summed E-state index contributed by atoms with van der Waals surface area (Å²) in [6.07, 6.45) is 10.3. The minimum atomic E-state index is 0.343. The van der Waals surface area contributed by atoms with E-state index in [1.54, 1.807) is 5.57 Å². The van der Waals surface area contributed by atoms with Crippen molar-refractivity contribution >= 4 is 11.6 Å². The fourth-order valence-corrected chi connectivity index (χ4v) is 3.21. The van der Waals surface area contributed by atoms with E-state index in [0.29, 0.717) is 6.04 Å². The second-order valence-electron chi connectivity index (χ2n) is 5.45. The van der Waals surface area contributed by atoms with Crippen LogP contribution in [0, 0.1) is 6.92 Å². The van der Waals surface area contributed by atoms with Gasteiger partial charge in [-0.3, -0.25) is 0 Å². The van der Waals surface area contributed by atoms with E-state index in [1.807, 2.05) is 6.07 Å². The summed E-state index contributed by atoms with van der Waals surface area (Å²) in [4.78, 5) is 0. The molecule has 1 aliphatic rings. The quantitative estimate of drug-likeness (QED) is 0.750. The molecule has 1 aromatic rings. The summed E-state index contributed by atoms with van der Waals surface area (Å²) in [6.45, 7) is 2.15. The lowest BCUT2D eigenvalue weighted by Gasteiger charge is -2.24. The third kappa shape index (κ3) is 3.84. The van der Waals surface area contributed by atoms with Gasteiger partial charge in [-0.1, -0.05) is 42.2 Å². The number of halogens is 1. The molecular weight excluding hydrogens is 254 g/mol. The van der Waals surface area contributed by atoms with Gasteiger partial charge in [-0.25, -0.2) is 0 Å². The van der Waals surface area contributed by atoms with Crippen molar-refractivity contribution in [2.24, 2.45) is 0 Å². The highest BCUT2D eigenvalue weighted by Gasteiger charge is 2.17. The van der Waals surface area contributed by atoms with Gasteiger partial charge in [-0.15, -0.1) is 0 Å². The Bertz CT molecular complexity index is 451. The summed E-state index contributed by atoms with van der Waals surface area (Å²) < 4.78 is 0. The van der Waals surface area contributed by atoms with Gasteiger partial charge in [0.25, 0.3) is 0 Å². The van der Waals surface area contributed by atoms with Gasteiger partial charge in [0, 0.05) is 5.02 Å². The normalized spacial score (nSPS) is 21.1. The van der Waals surface area contributed by atoms with E-state index < -0.39 is 0 Å². The maximum Gasteiger partial charge on any atom is 0.0536 e. The molecule has 0 saturated heterocycles. The van der Waals surface area contributed by atoms with Crippen molar-refractivity contribution in [2.45, 2.75) is 51.5 Å². The van der Waals surface area contributed by atoms with Gasteiger partial charge in [0.05, 0.1) is 6.04 Å². The summed E-state index contributed by atoms with van der Waals surface area (Å²) in [5.41, 5.74) is 4.18. The minimum absolute atomic E-state index is 0.343. The predicted octanol–water partition coefficient (Wildman–Crippen LogP) is 5.19. The van der Waals surface area contributed by atoms with E-state index in [2.05, 4.69) is 37.5 Å². The van der Waals surface area contributed by atoms with Crippen molar-refractivity contribution in [3.63, 3.8) is 0 Å². The van der Waals surface area contributed by atoms with Gasteiger partial charge >= 0.3 is 0 Å². The van der Waals surface area contributed by atoms with Gasteiger partial charge in [0.15, 0.2) is 0 Å². The number of nitrogens with one attached hydrogen (secondary N) is 1. The van der Waals surface area contributed by atoms with Crippen molar-refractivity contribution < 1.29 is 0 Å². The topological polar surface area (TPSA) is 12.0 Å². The maximum absolute atomic E-state index is 6.06. The second-order valence-corrected chi connectivity index (χ2v) is 5.89. The van der Waals surface area contributed by atoms with Crippen LogP contribution >= 0.6 is 11.6 Å². The Hall–Kier alpha value is -0.790. The first-order chi connectivity index (χ1) is 9.22. The molecule has 0 radical (unpaired) electrons. The van der Waals surface area contributed by atoms with Crippen molar-refractivity contribution in [3.8, 4) is 0 Å². The van der Waals surface area contributed by atoms with Crippen LogP contribution in [-0.2, 0) is 0 Å². The van der Waals surface area contributed by atoms with Crippen LogP contribution in [0.25, 0.3) is 0 Å². The molecule has 0 fully saturated rings. The van der Waals surface area contributed by atoms with Crippen LogP contribution in [0.2, 0.25) is 5.02 Å². The number of aryl methyl sites for hydroxylation is 1. The highest BCUT2D eigenvalue weighted by atomic mass is 35.5. The first-order valence-corrected chi connectivity index (χ1v) is 7.72. The standard InChI is InChI=1S/C17H24ClN/c1-13-12-15(18)10-11-16(13)17(19-2)14-8-6-4-3-5-7-9-14/h8,10-12,17,19H,3-7,9H2,1-2H3/b14-8+. The average molecular weight is 278 g/mol. The highest BCUT2D eigenvalue weighted by molar-refractivity contribution is 6.30. The molecule has 0 spiro atoms. The molecule has 0 aliphatic heterocycles. The summed E-state index contributed by atoms with van der Waals surface area (Å²) in [5.74, 6) is 0. The summed E-state index contributed by atoms with van der Waals surface area (Å²) >= 11 is 6.06. The van der Waals surface area contributed by atoms with Gasteiger partial charge in [-0.05, 0) is 62.9 Å². The summed E-state index contributed by atoms with van der Waals surface area (Å²) in [6, 6.07) is 6.57.